The van der Waals surface area contributed by atoms with Crippen LogP contribution in [0.2, 0.25) is 0 Å². The molecule has 0 bridgehead atoms. The summed E-state index contributed by atoms with van der Waals surface area (Å²) in [6.07, 6.45) is 6.12. The minimum absolute atomic E-state index is 0.000950. The molecule has 1 heterocycles. The Balaban J connectivity index is 1.20. The first-order valence-corrected chi connectivity index (χ1v) is 14.4. The Labute approximate surface area is 230 Å². The van der Waals surface area contributed by atoms with Gasteiger partial charge in [-0.1, -0.05) is 70.9 Å². The summed E-state index contributed by atoms with van der Waals surface area (Å²) in [5.74, 6) is 0.501. The van der Waals surface area contributed by atoms with Crippen LogP contribution < -0.4 is 16.0 Å². The largest absolute Gasteiger partial charge is 0.351 e. The molecule has 0 unspecified atom stereocenters. The Bertz CT molecular complexity index is 1220. The Morgan fingerprint density at radius 3 is 2.51 bits per heavy atom. The second kappa shape index (κ2) is 13.7. The Morgan fingerprint density at radius 2 is 1.78 bits per heavy atom. The summed E-state index contributed by atoms with van der Waals surface area (Å²) in [7, 11) is 0. The molecular weight excluding hydrogens is 550 g/mol. The number of amides is 2. The third-order valence-electron chi connectivity index (χ3n) is 6.34. The summed E-state index contributed by atoms with van der Waals surface area (Å²) < 4.78 is 1.07. The molecule has 1 saturated carbocycles. The molecule has 9 heteroatoms. The third kappa shape index (κ3) is 8.12. The van der Waals surface area contributed by atoms with Crippen molar-refractivity contribution in [3.05, 3.63) is 87.1 Å². The molecule has 7 nitrogen and oxygen atoms in total. The fraction of sp³-hybridized carbons (Fsp3) is 0.357. The van der Waals surface area contributed by atoms with Crippen molar-refractivity contribution in [1.29, 1.82) is 0 Å². The van der Waals surface area contributed by atoms with Crippen molar-refractivity contribution in [2.45, 2.75) is 56.1 Å². The molecule has 3 aromatic rings. The van der Waals surface area contributed by atoms with Crippen molar-refractivity contribution in [2.24, 2.45) is 0 Å². The van der Waals surface area contributed by atoms with Gasteiger partial charge in [0.1, 0.15) is 0 Å². The van der Waals surface area contributed by atoms with E-state index >= 15 is 0 Å². The summed E-state index contributed by atoms with van der Waals surface area (Å²) in [6, 6.07) is 16.0. The van der Waals surface area contributed by atoms with Crippen LogP contribution in [0, 0.1) is 6.92 Å². The summed E-state index contributed by atoms with van der Waals surface area (Å²) >= 11 is 5.04. The number of carbonyl (C=O) groups is 2. The van der Waals surface area contributed by atoms with Gasteiger partial charge in [0.2, 0.25) is 0 Å². The second-order valence-corrected chi connectivity index (χ2v) is 10.9. The molecule has 194 valence electrons. The summed E-state index contributed by atoms with van der Waals surface area (Å²) in [5, 5.41) is 9.99. The maximum atomic E-state index is 12.6. The standard InChI is InChI=1S/C28H32BrN5O2S/c1-19-24(27(36)31-15-14-30-16-22-6-2-5-9-25(22)29)17-32-28(33-19)37-18-20-10-12-21(13-11-20)26(35)34-23-7-3-4-8-23/h2,5-6,9-13,17,23,30H,3-4,7-8,14-16,18H2,1H3,(H,31,36)(H,34,35). The van der Waals surface area contributed by atoms with Crippen molar-refractivity contribution in [1.82, 2.24) is 25.9 Å². The number of aryl methyl sites for hydroxylation is 1. The molecule has 0 saturated heterocycles. The van der Waals surface area contributed by atoms with Crippen LogP contribution in [0.3, 0.4) is 0 Å². The number of halogens is 1. The molecule has 2 amide bonds. The smallest absolute Gasteiger partial charge is 0.254 e. The quantitative estimate of drug-likeness (QED) is 0.167. The van der Waals surface area contributed by atoms with Crippen LogP contribution in [-0.4, -0.2) is 40.9 Å². The lowest BCUT2D eigenvalue weighted by molar-refractivity contribution is 0.0934. The van der Waals surface area contributed by atoms with Crippen LogP contribution in [0.1, 0.15) is 63.2 Å². The van der Waals surface area contributed by atoms with Gasteiger partial charge in [-0.25, -0.2) is 9.97 Å². The van der Waals surface area contributed by atoms with Gasteiger partial charge in [0.05, 0.1) is 11.3 Å². The SMILES string of the molecule is Cc1nc(SCc2ccc(C(=O)NC3CCCC3)cc2)ncc1C(=O)NCCNCc1ccccc1Br. The van der Waals surface area contributed by atoms with Gasteiger partial charge in [0, 0.05) is 47.7 Å². The highest BCUT2D eigenvalue weighted by atomic mass is 79.9. The summed E-state index contributed by atoms with van der Waals surface area (Å²) in [6.45, 7) is 3.71. The molecule has 1 aliphatic carbocycles. The molecule has 4 rings (SSSR count). The van der Waals surface area contributed by atoms with Gasteiger partial charge in [-0.2, -0.15) is 0 Å². The normalized spacial score (nSPS) is 13.5. The average Bonchev–Trinajstić information content (AvgIpc) is 3.41. The zero-order valence-corrected chi connectivity index (χ0v) is 23.3. The third-order valence-corrected chi connectivity index (χ3v) is 8.04. The summed E-state index contributed by atoms with van der Waals surface area (Å²) in [4.78, 5) is 33.9. The van der Waals surface area contributed by atoms with Crippen molar-refractivity contribution in [3.63, 3.8) is 0 Å². The molecule has 2 aromatic carbocycles. The van der Waals surface area contributed by atoms with Crippen molar-refractivity contribution >= 4 is 39.5 Å². The van der Waals surface area contributed by atoms with Gasteiger partial charge in [-0.3, -0.25) is 9.59 Å². The lowest BCUT2D eigenvalue weighted by Crippen LogP contribution is -2.32. The van der Waals surface area contributed by atoms with Gasteiger partial charge in [0.15, 0.2) is 5.16 Å². The van der Waals surface area contributed by atoms with Gasteiger partial charge in [-0.05, 0) is 49.1 Å². The lowest BCUT2D eigenvalue weighted by atomic mass is 10.1. The predicted octanol–water partition coefficient (Wildman–Crippen LogP) is 5.03. The summed E-state index contributed by atoms with van der Waals surface area (Å²) in [5.41, 5.74) is 4.07. The molecule has 1 aliphatic rings. The zero-order chi connectivity index (χ0) is 26.0. The van der Waals surface area contributed by atoms with E-state index in [4.69, 9.17) is 0 Å². The molecular formula is C28H32BrN5O2S. The molecule has 1 aromatic heterocycles. The minimum atomic E-state index is -0.178. The molecule has 0 aliphatic heterocycles. The molecule has 37 heavy (non-hydrogen) atoms. The van der Waals surface area contributed by atoms with Crippen molar-refractivity contribution in [3.8, 4) is 0 Å². The van der Waals surface area contributed by atoms with E-state index in [1.807, 2.05) is 49.4 Å². The van der Waals surface area contributed by atoms with Crippen molar-refractivity contribution in [2.75, 3.05) is 13.1 Å². The number of benzene rings is 2. The van der Waals surface area contributed by atoms with Crippen LogP contribution >= 0.6 is 27.7 Å². The van der Waals surface area contributed by atoms with E-state index in [-0.39, 0.29) is 11.8 Å². The number of nitrogens with zero attached hydrogens (tertiary/aromatic N) is 2. The first-order chi connectivity index (χ1) is 18.0. The van der Waals surface area contributed by atoms with Crippen LogP contribution in [0.4, 0.5) is 0 Å². The van der Waals surface area contributed by atoms with E-state index in [2.05, 4.69) is 47.9 Å². The van der Waals surface area contributed by atoms with E-state index in [1.54, 1.807) is 6.20 Å². The second-order valence-electron chi connectivity index (χ2n) is 9.12. The predicted molar refractivity (Wildman–Crippen MR) is 151 cm³/mol. The highest BCUT2D eigenvalue weighted by molar-refractivity contribution is 9.10. The fourth-order valence-corrected chi connectivity index (χ4v) is 5.44. The number of aromatic nitrogens is 2. The molecule has 0 spiro atoms. The molecule has 0 radical (unpaired) electrons. The van der Waals surface area contributed by atoms with E-state index in [0.29, 0.717) is 46.9 Å². The molecule has 1 fully saturated rings. The Kier molecular flexibility index (Phi) is 10.1. The first kappa shape index (κ1) is 27.3. The minimum Gasteiger partial charge on any atom is -0.351 e. The topological polar surface area (TPSA) is 96.0 Å². The highest BCUT2D eigenvalue weighted by Crippen LogP contribution is 2.21. The zero-order valence-electron chi connectivity index (χ0n) is 20.9. The number of thioether (sulfide) groups is 1. The van der Waals surface area contributed by atoms with Gasteiger partial charge >= 0.3 is 0 Å². The van der Waals surface area contributed by atoms with Gasteiger partial charge in [0.25, 0.3) is 11.8 Å². The number of nitrogens with one attached hydrogen (secondary N) is 3. The van der Waals surface area contributed by atoms with Crippen LogP contribution in [0.5, 0.6) is 0 Å². The number of hydrogen-bond acceptors (Lipinski definition) is 6. The number of rotatable bonds is 11. The average molecular weight is 583 g/mol. The van der Waals surface area contributed by atoms with E-state index in [9.17, 15) is 9.59 Å². The highest BCUT2D eigenvalue weighted by Gasteiger charge is 2.18. The maximum absolute atomic E-state index is 12.6. The number of carbonyl (C=O) groups excluding carboxylic acids is 2. The van der Waals surface area contributed by atoms with Crippen LogP contribution in [-0.2, 0) is 12.3 Å². The van der Waals surface area contributed by atoms with Gasteiger partial charge < -0.3 is 16.0 Å². The van der Waals surface area contributed by atoms with Gasteiger partial charge in [-0.15, -0.1) is 0 Å². The van der Waals surface area contributed by atoms with Crippen LogP contribution in [0.25, 0.3) is 0 Å². The van der Waals surface area contributed by atoms with E-state index in [1.165, 1.54) is 30.2 Å². The van der Waals surface area contributed by atoms with E-state index in [0.717, 1.165) is 29.4 Å². The Morgan fingerprint density at radius 1 is 1.03 bits per heavy atom. The van der Waals surface area contributed by atoms with Crippen LogP contribution in [0.15, 0.2) is 64.4 Å². The fourth-order valence-electron chi connectivity index (χ4n) is 4.20. The lowest BCUT2D eigenvalue weighted by Gasteiger charge is -2.12. The first-order valence-electron chi connectivity index (χ1n) is 12.6. The Hall–Kier alpha value is -2.75. The van der Waals surface area contributed by atoms with E-state index < -0.39 is 0 Å². The molecule has 3 N–H and O–H groups in total. The maximum Gasteiger partial charge on any atom is 0.254 e. The number of hydrogen-bond donors (Lipinski definition) is 3. The molecule has 0 atom stereocenters. The van der Waals surface area contributed by atoms with Crippen molar-refractivity contribution < 1.29 is 9.59 Å². The monoisotopic (exact) mass is 581 g/mol.